The largest absolute Gasteiger partial charge is 0.496 e. The van der Waals surface area contributed by atoms with E-state index < -0.39 is 0 Å². The molecule has 2 aliphatic heterocycles. The first-order valence-electron chi connectivity index (χ1n) is 10.5. The molecule has 1 saturated carbocycles. The molecule has 1 spiro atoms. The summed E-state index contributed by atoms with van der Waals surface area (Å²) in [6.45, 7) is 4.15. The van der Waals surface area contributed by atoms with Crippen molar-refractivity contribution in [3.63, 3.8) is 0 Å². The van der Waals surface area contributed by atoms with Crippen molar-refractivity contribution in [3.05, 3.63) is 28.8 Å². The highest BCUT2D eigenvalue weighted by Gasteiger charge is 2.49. The number of piperidine rings is 1. The van der Waals surface area contributed by atoms with Gasteiger partial charge in [-0.25, -0.2) is 0 Å². The fraction of sp³-hybridized carbons (Fsp3) is 0.636. The summed E-state index contributed by atoms with van der Waals surface area (Å²) in [4.78, 5) is 29.5. The maximum atomic E-state index is 13.0. The van der Waals surface area contributed by atoms with E-state index in [-0.39, 0.29) is 17.2 Å². The van der Waals surface area contributed by atoms with E-state index in [1.807, 2.05) is 9.80 Å². The molecule has 7 heteroatoms. The van der Waals surface area contributed by atoms with Gasteiger partial charge in [-0.3, -0.25) is 9.59 Å². The quantitative estimate of drug-likeness (QED) is 0.750. The molecule has 158 valence electrons. The normalized spacial score (nSPS) is 23.6. The van der Waals surface area contributed by atoms with Crippen molar-refractivity contribution in [1.29, 1.82) is 0 Å². The molecule has 4 rings (SSSR count). The van der Waals surface area contributed by atoms with Crippen molar-refractivity contribution < 1.29 is 19.1 Å². The number of amides is 2. The van der Waals surface area contributed by atoms with Crippen molar-refractivity contribution >= 4 is 23.4 Å². The smallest absolute Gasteiger partial charge is 0.257 e. The zero-order valence-electron chi connectivity index (χ0n) is 17.0. The number of hydrogen-bond donors (Lipinski definition) is 0. The molecule has 0 radical (unpaired) electrons. The first-order chi connectivity index (χ1) is 14.0. The molecule has 2 saturated heterocycles. The van der Waals surface area contributed by atoms with Crippen LogP contribution in [0.1, 0.15) is 42.5 Å². The molecule has 2 amide bonds. The lowest BCUT2D eigenvalue weighted by molar-refractivity contribution is -0.141. The molecule has 0 N–H and O–H groups in total. The highest BCUT2D eigenvalue weighted by molar-refractivity contribution is 6.31. The van der Waals surface area contributed by atoms with Gasteiger partial charge in [0.25, 0.3) is 5.91 Å². The monoisotopic (exact) mass is 420 g/mol. The fourth-order valence-electron chi connectivity index (χ4n) is 5.06. The Morgan fingerprint density at radius 2 is 1.86 bits per heavy atom. The lowest BCUT2D eigenvalue weighted by Gasteiger charge is -2.54. The molecule has 2 heterocycles. The zero-order valence-corrected chi connectivity index (χ0v) is 17.7. The molecule has 29 heavy (non-hydrogen) atoms. The molecule has 1 unspecified atom stereocenters. The van der Waals surface area contributed by atoms with Gasteiger partial charge >= 0.3 is 0 Å². The van der Waals surface area contributed by atoms with E-state index in [0.717, 1.165) is 38.8 Å². The minimum atomic E-state index is -0.0283. The van der Waals surface area contributed by atoms with E-state index in [9.17, 15) is 9.59 Å². The third-order valence-corrected chi connectivity index (χ3v) is 7.31. The standard InChI is InChI=1S/C22H29ClN2O4/c1-28-19-3-2-17(23)15-18(19)21(27)25-8-6-22(7-9-25)5-4-16(22)14-20(26)24-10-12-29-13-11-24/h2-3,15-16H,4-14H2,1H3. The van der Waals surface area contributed by atoms with Crippen LogP contribution in [0.5, 0.6) is 5.75 Å². The zero-order chi connectivity index (χ0) is 20.4. The number of hydrogen-bond acceptors (Lipinski definition) is 4. The minimum Gasteiger partial charge on any atom is -0.496 e. The van der Waals surface area contributed by atoms with Crippen LogP contribution in [0.25, 0.3) is 0 Å². The molecule has 3 aliphatic rings. The van der Waals surface area contributed by atoms with Gasteiger partial charge in [0.1, 0.15) is 5.75 Å². The van der Waals surface area contributed by atoms with Crippen molar-refractivity contribution in [2.24, 2.45) is 11.3 Å². The van der Waals surface area contributed by atoms with E-state index in [1.54, 1.807) is 25.3 Å². The summed E-state index contributed by atoms with van der Waals surface area (Å²) in [6, 6.07) is 5.15. The number of carbonyl (C=O) groups is 2. The predicted octanol–water partition coefficient (Wildman–Crippen LogP) is 3.23. The Morgan fingerprint density at radius 1 is 1.14 bits per heavy atom. The Bertz CT molecular complexity index is 770. The van der Waals surface area contributed by atoms with Crippen molar-refractivity contribution in [1.82, 2.24) is 9.80 Å². The van der Waals surface area contributed by atoms with Gasteiger partial charge in [0.15, 0.2) is 0 Å². The van der Waals surface area contributed by atoms with Crippen LogP contribution >= 0.6 is 11.6 Å². The van der Waals surface area contributed by atoms with Crippen LogP contribution in [0.15, 0.2) is 18.2 Å². The van der Waals surface area contributed by atoms with Crippen LogP contribution in [0.3, 0.4) is 0 Å². The summed E-state index contributed by atoms with van der Waals surface area (Å²) in [5, 5.41) is 0.531. The van der Waals surface area contributed by atoms with E-state index >= 15 is 0 Å². The van der Waals surface area contributed by atoms with Crippen LogP contribution in [0.4, 0.5) is 0 Å². The molecule has 1 aromatic rings. The second kappa shape index (κ2) is 8.52. The maximum Gasteiger partial charge on any atom is 0.257 e. The molecule has 0 bridgehead atoms. The van der Waals surface area contributed by atoms with Crippen LogP contribution in [-0.2, 0) is 9.53 Å². The third kappa shape index (κ3) is 4.10. The minimum absolute atomic E-state index is 0.0283. The third-order valence-electron chi connectivity index (χ3n) is 7.08. The first kappa shape index (κ1) is 20.5. The second-order valence-electron chi connectivity index (χ2n) is 8.43. The maximum absolute atomic E-state index is 13.0. The van der Waals surface area contributed by atoms with Crippen LogP contribution in [0, 0.1) is 11.3 Å². The van der Waals surface area contributed by atoms with Crippen LogP contribution in [0.2, 0.25) is 5.02 Å². The van der Waals surface area contributed by atoms with Gasteiger partial charge < -0.3 is 19.3 Å². The molecule has 1 aromatic carbocycles. The Morgan fingerprint density at radius 3 is 2.48 bits per heavy atom. The molecule has 1 aliphatic carbocycles. The van der Waals surface area contributed by atoms with Gasteiger partial charge in [0, 0.05) is 37.6 Å². The number of carbonyl (C=O) groups excluding carboxylic acids is 2. The highest BCUT2D eigenvalue weighted by atomic mass is 35.5. The Balaban J connectivity index is 1.36. The first-order valence-corrected chi connectivity index (χ1v) is 10.9. The van der Waals surface area contributed by atoms with Gasteiger partial charge in [-0.1, -0.05) is 11.6 Å². The lowest BCUT2D eigenvalue weighted by atomic mass is 9.54. The molecule has 6 nitrogen and oxygen atoms in total. The van der Waals surface area contributed by atoms with Gasteiger partial charge in [-0.15, -0.1) is 0 Å². The summed E-state index contributed by atoms with van der Waals surface area (Å²) in [5.41, 5.74) is 0.737. The molecule has 3 fully saturated rings. The van der Waals surface area contributed by atoms with Gasteiger partial charge in [-0.2, -0.15) is 0 Å². The number of likely N-dealkylation sites (tertiary alicyclic amines) is 1. The Labute approximate surface area is 177 Å². The van der Waals surface area contributed by atoms with Crippen molar-refractivity contribution in [2.45, 2.75) is 32.1 Å². The Hall–Kier alpha value is -1.79. The molecular formula is C22H29ClN2O4. The van der Waals surface area contributed by atoms with Crippen LogP contribution < -0.4 is 4.74 Å². The van der Waals surface area contributed by atoms with Gasteiger partial charge in [0.2, 0.25) is 5.91 Å². The predicted molar refractivity (Wildman–Crippen MR) is 110 cm³/mol. The SMILES string of the molecule is COc1ccc(Cl)cc1C(=O)N1CCC2(CCC2CC(=O)N2CCOCC2)CC1. The number of morpholine rings is 1. The molecule has 0 aromatic heterocycles. The van der Waals surface area contributed by atoms with E-state index in [0.29, 0.717) is 55.0 Å². The average molecular weight is 421 g/mol. The van der Waals surface area contributed by atoms with Crippen LogP contribution in [-0.4, -0.2) is 68.1 Å². The molecular weight excluding hydrogens is 392 g/mol. The summed E-state index contributed by atoms with van der Waals surface area (Å²) < 4.78 is 10.7. The van der Waals surface area contributed by atoms with E-state index in [2.05, 4.69) is 0 Å². The summed E-state index contributed by atoms with van der Waals surface area (Å²) in [5.74, 6) is 1.23. The average Bonchev–Trinajstić information content (AvgIpc) is 2.76. The number of halogens is 1. The van der Waals surface area contributed by atoms with E-state index in [1.165, 1.54) is 0 Å². The number of rotatable bonds is 4. The number of ether oxygens (including phenoxy) is 2. The second-order valence-corrected chi connectivity index (χ2v) is 8.87. The summed E-state index contributed by atoms with van der Waals surface area (Å²) in [7, 11) is 1.57. The summed E-state index contributed by atoms with van der Waals surface area (Å²) >= 11 is 6.10. The molecule has 1 atom stereocenters. The highest BCUT2D eigenvalue weighted by Crippen LogP contribution is 2.55. The van der Waals surface area contributed by atoms with Gasteiger partial charge in [-0.05, 0) is 55.2 Å². The topological polar surface area (TPSA) is 59.1 Å². The van der Waals surface area contributed by atoms with E-state index in [4.69, 9.17) is 21.1 Å². The number of methoxy groups -OCH3 is 1. The number of nitrogens with zero attached hydrogens (tertiary/aromatic N) is 2. The lowest BCUT2D eigenvalue weighted by Crippen LogP contribution is -2.52. The summed E-state index contributed by atoms with van der Waals surface area (Å²) in [6.07, 6.45) is 4.84. The van der Waals surface area contributed by atoms with Crippen molar-refractivity contribution in [3.8, 4) is 5.75 Å². The van der Waals surface area contributed by atoms with Crippen molar-refractivity contribution in [2.75, 3.05) is 46.5 Å². The Kier molecular flexibility index (Phi) is 6.02. The fourth-order valence-corrected chi connectivity index (χ4v) is 5.23. The van der Waals surface area contributed by atoms with Gasteiger partial charge in [0.05, 0.1) is 25.9 Å². The number of benzene rings is 1.